The highest BCUT2D eigenvalue weighted by Crippen LogP contribution is 2.46. The van der Waals surface area contributed by atoms with Crippen molar-refractivity contribution in [2.24, 2.45) is 10.4 Å². The number of likely N-dealkylation sites (tertiary alicyclic amines) is 1. The van der Waals surface area contributed by atoms with E-state index in [1.165, 1.54) is 12.4 Å². The molecule has 0 unspecified atom stereocenters. The molecule has 0 saturated carbocycles. The first-order chi connectivity index (χ1) is 10.2. The van der Waals surface area contributed by atoms with Crippen LogP contribution in [0.5, 0.6) is 0 Å². The summed E-state index contributed by atoms with van der Waals surface area (Å²) in [7, 11) is 1.77. The molecule has 0 radical (unpaired) electrons. The van der Waals surface area contributed by atoms with Crippen molar-refractivity contribution in [3.05, 3.63) is 22.5 Å². The van der Waals surface area contributed by atoms with Crippen molar-refractivity contribution in [2.45, 2.75) is 39.8 Å². The molecule has 130 valence electrons. The minimum Gasteiger partial charge on any atom is -0.354 e. The van der Waals surface area contributed by atoms with Crippen LogP contribution in [-0.4, -0.2) is 51.2 Å². The molecule has 1 aliphatic rings. The van der Waals surface area contributed by atoms with E-state index >= 15 is 0 Å². The number of nitrogens with one attached hydrogen (secondary N) is 1. The maximum absolute atomic E-state index is 10.6. The van der Waals surface area contributed by atoms with E-state index in [4.69, 9.17) is 0 Å². The van der Waals surface area contributed by atoms with Crippen LogP contribution < -0.4 is 5.32 Å². The topological polar surface area (TPSA) is 88.6 Å². The van der Waals surface area contributed by atoms with Crippen LogP contribution in [0.2, 0.25) is 0 Å². The number of aromatic nitrogens is 2. The lowest BCUT2D eigenvalue weighted by atomic mass is 9.65. The van der Waals surface area contributed by atoms with E-state index in [9.17, 15) is 10.1 Å². The second kappa shape index (κ2) is 7.02. The Morgan fingerprint density at radius 3 is 2.57 bits per heavy atom. The van der Waals surface area contributed by atoms with Crippen LogP contribution in [0.25, 0.3) is 0 Å². The first-order valence-electron chi connectivity index (χ1n) is 7.34. The van der Waals surface area contributed by atoms with Gasteiger partial charge in [0, 0.05) is 31.1 Å². The van der Waals surface area contributed by atoms with Crippen LogP contribution in [0.3, 0.4) is 0 Å². The number of nitrogens with zero attached hydrogens (tertiary/aromatic N) is 5. The van der Waals surface area contributed by atoms with Crippen LogP contribution in [0.1, 0.15) is 27.7 Å². The zero-order valence-electron chi connectivity index (χ0n) is 14.2. The first-order valence-corrected chi connectivity index (χ1v) is 7.34. The van der Waals surface area contributed by atoms with E-state index in [0.29, 0.717) is 13.1 Å². The monoisotopic (exact) mass is 436 g/mol. The molecule has 1 N–H and O–H groups in total. The van der Waals surface area contributed by atoms with Gasteiger partial charge in [-0.1, -0.05) is 13.8 Å². The molecule has 0 aliphatic carbocycles. The lowest BCUT2D eigenvalue weighted by molar-refractivity contribution is -0.385. The predicted molar refractivity (Wildman–Crippen MR) is 100 cm³/mol. The largest absolute Gasteiger partial charge is 0.354 e. The fourth-order valence-corrected chi connectivity index (χ4v) is 2.55. The van der Waals surface area contributed by atoms with Crippen LogP contribution in [-0.2, 0) is 6.54 Å². The van der Waals surface area contributed by atoms with Gasteiger partial charge in [-0.25, -0.2) is 0 Å². The first kappa shape index (κ1) is 19.7. The molecule has 1 aromatic rings. The second-order valence-electron chi connectivity index (χ2n) is 6.72. The number of rotatable bonds is 4. The number of nitro groups is 1. The van der Waals surface area contributed by atoms with Crippen molar-refractivity contribution in [1.29, 1.82) is 0 Å². The number of guanidine groups is 1. The van der Waals surface area contributed by atoms with Crippen LogP contribution in [0.15, 0.2) is 17.4 Å². The molecule has 9 heteroatoms. The number of aliphatic imine (C=N–C) groups is 1. The Hall–Kier alpha value is -1.39. The maximum atomic E-state index is 10.6. The van der Waals surface area contributed by atoms with Gasteiger partial charge in [-0.15, -0.1) is 24.0 Å². The lowest BCUT2D eigenvalue weighted by Gasteiger charge is -2.62. The molecule has 1 aliphatic heterocycles. The molecule has 8 nitrogen and oxygen atoms in total. The molecule has 1 aromatic heterocycles. The van der Waals surface area contributed by atoms with Crippen molar-refractivity contribution >= 4 is 35.6 Å². The number of hydrogen-bond acceptors (Lipinski definition) is 4. The standard InChI is InChI=1S/C14H24N6O2.HI/c1-13(2)10-19(14(13,3)4)12(15-5)16-6-7-18-9-11(8-17-18)20(21)22;/h8-9H,6-7,10H2,1-5H3,(H,15,16);1H. The maximum Gasteiger partial charge on any atom is 0.306 e. The van der Waals surface area contributed by atoms with Gasteiger partial charge in [0.15, 0.2) is 5.96 Å². The molecule has 1 fully saturated rings. The average Bonchev–Trinajstić information content (AvgIpc) is 2.90. The molecule has 0 spiro atoms. The summed E-state index contributed by atoms with van der Waals surface area (Å²) in [6.45, 7) is 11.0. The third-order valence-electron chi connectivity index (χ3n) is 4.81. The predicted octanol–water partition coefficient (Wildman–Crippen LogP) is 2.11. The van der Waals surface area contributed by atoms with Crippen LogP contribution in [0, 0.1) is 15.5 Å². The zero-order valence-corrected chi connectivity index (χ0v) is 16.6. The van der Waals surface area contributed by atoms with Crippen molar-refractivity contribution in [3.8, 4) is 0 Å². The fourth-order valence-electron chi connectivity index (χ4n) is 2.55. The summed E-state index contributed by atoms with van der Waals surface area (Å²) in [5, 5.41) is 17.9. The Labute approximate surface area is 153 Å². The fraction of sp³-hybridized carbons (Fsp3) is 0.714. The van der Waals surface area contributed by atoms with Gasteiger partial charge in [0.1, 0.15) is 12.4 Å². The quantitative estimate of drug-likeness (QED) is 0.257. The molecule has 0 atom stereocenters. The van der Waals surface area contributed by atoms with Crippen molar-refractivity contribution in [2.75, 3.05) is 20.1 Å². The van der Waals surface area contributed by atoms with Gasteiger partial charge >= 0.3 is 5.69 Å². The Morgan fingerprint density at radius 2 is 2.13 bits per heavy atom. The summed E-state index contributed by atoms with van der Waals surface area (Å²) in [6.07, 6.45) is 2.69. The molecule has 0 bridgehead atoms. The highest BCUT2D eigenvalue weighted by atomic mass is 127. The lowest BCUT2D eigenvalue weighted by Crippen LogP contribution is -2.72. The SMILES string of the molecule is CN=C(NCCn1cc([N+](=O)[O-])cn1)N1CC(C)(C)C1(C)C.I. The summed E-state index contributed by atoms with van der Waals surface area (Å²) in [6, 6.07) is 0. The Balaban J connectivity index is 0.00000264. The smallest absolute Gasteiger partial charge is 0.306 e. The third-order valence-corrected chi connectivity index (χ3v) is 4.81. The molecule has 0 amide bonds. The molecule has 1 saturated heterocycles. The molecule has 23 heavy (non-hydrogen) atoms. The van der Waals surface area contributed by atoms with Crippen LogP contribution >= 0.6 is 24.0 Å². The molecule has 2 rings (SSSR count). The van der Waals surface area contributed by atoms with E-state index in [1.807, 2.05) is 0 Å². The van der Waals surface area contributed by atoms with Gasteiger partial charge < -0.3 is 10.2 Å². The van der Waals surface area contributed by atoms with Gasteiger partial charge in [0.05, 0.1) is 11.5 Å². The van der Waals surface area contributed by atoms with Crippen LogP contribution in [0.4, 0.5) is 5.69 Å². The number of halogens is 1. The second-order valence-corrected chi connectivity index (χ2v) is 6.72. The van der Waals surface area contributed by atoms with E-state index in [1.54, 1.807) is 11.7 Å². The molecule has 0 aromatic carbocycles. The van der Waals surface area contributed by atoms with E-state index < -0.39 is 4.92 Å². The van der Waals surface area contributed by atoms with Crippen molar-refractivity contribution in [1.82, 2.24) is 20.0 Å². The summed E-state index contributed by atoms with van der Waals surface area (Å²) < 4.78 is 1.56. The average molecular weight is 436 g/mol. The van der Waals surface area contributed by atoms with E-state index in [2.05, 4.69) is 48.0 Å². The summed E-state index contributed by atoms with van der Waals surface area (Å²) in [5.41, 5.74) is 0.294. The summed E-state index contributed by atoms with van der Waals surface area (Å²) in [5.74, 6) is 0.853. The Morgan fingerprint density at radius 1 is 1.48 bits per heavy atom. The highest BCUT2D eigenvalue weighted by Gasteiger charge is 2.53. The van der Waals surface area contributed by atoms with Crippen molar-refractivity contribution < 1.29 is 4.92 Å². The molecule has 2 heterocycles. The van der Waals surface area contributed by atoms with Gasteiger partial charge in [0.25, 0.3) is 0 Å². The molecular formula is C14H25IN6O2. The van der Waals surface area contributed by atoms with Gasteiger partial charge in [-0.3, -0.25) is 19.8 Å². The Bertz CT molecular complexity index is 596. The number of hydrogen-bond donors (Lipinski definition) is 1. The minimum atomic E-state index is -0.444. The minimum absolute atomic E-state index is 0. The normalized spacial score (nSPS) is 18.8. The van der Waals surface area contributed by atoms with Gasteiger partial charge in [-0.05, 0) is 13.8 Å². The summed E-state index contributed by atoms with van der Waals surface area (Å²) >= 11 is 0. The summed E-state index contributed by atoms with van der Waals surface area (Å²) in [4.78, 5) is 16.8. The van der Waals surface area contributed by atoms with E-state index in [-0.39, 0.29) is 40.6 Å². The van der Waals surface area contributed by atoms with Crippen molar-refractivity contribution in [3.63, 3.8) is 0 Å². The molecular weight excluding hydrogens is 411 g/mol. The van der Waals surface area contributed by atoms with Gasteiger partial charge in [-0.2, -0.15) is 5.10 Å². The Kier molecular flexibility index (Phi) is 6.00. The zero-order chi connectivity index (χ0) is 16.5. The van der Waals surface area contributed by atoms with E-state index in [0.717, 1.165) is 12.5 Å². The third kappa shape index (κ3) is 3.75. The highest BCUT2D eigenvalue weighted by molar-refractivity contribution is 14.0. The van der Waals surface area contributed by atoms with Gasteiger partial charge in [0.2, 0.25) is 0 Å².